The van der Waals surface area contributed by atoms with Gasteiger partial charge in [-0.2, -0.15) is 0 Å². The molecule has 18 heavy (non-hydrogen) atoms. The van der Waals surface area contributed by atoms with Crippen LogP contribution in [0.25, 0.3) is 6.08 Å². The molecule has 2 N–H and O–H groups in total. The predicted octanol–water partition coefficient (Wildman–Crippen LogP) is 2.16. The molecule has 0 unspecified atom stereocenters. The lowest BCUT2D eigenvalue weighted by Crippen LogP contribution is -2.09. The van der Waals surface area contributed by atoms with Gasteiger partial charge in [0.15, 0.2) is 0 Å². The van der Waals surface area contributed by atoms with Crippen molar-refractivity contribution in [1.82, 2.24) is 20.6 Å². The van der Waals surface area contributed by atoms with E-state index in [4.69, 9.17) is 23.2 Å². The Labute approximate surface area is 112 Å². The molecule has 1 amide bonds. The first-order chi connectivity index (χ1) is 8.65. The largest absolute Gasteiger partial charge is 0.290 e. The minimum Gasteiger partial charge on any atom is -0.290 e. The van der Waals surface area contributed by atoms with Gasteiger partial charge >= 0.3 is 0 Å². The fraction of sp³-hybridized carbons (Fsp3) is 0. The number of benzene rings is 1. The van der Waals surface area contributed by atoms with Crippen molar-refractivity contribution in [1.29, 1.82) is 0 Å². The Kier molecular flexibility index (Phi) is 3.91. The van der Waals surface area contributed by atoms with Crippen molar-refractivity contribution < 1.29 is 4.79 Å². The maximum Gasteiger partial charge on any atom is 0.250 e. The van der Waals surface area contributed by atoms with Crippen LogP contribution in [-0.4, -0.2) is 26.5 Å². The molecule has 92 valence electrons. The number of nitrogens with zero attached hydrogens (tertiary/aromatic N) is 3. The summed E-state index contributed by atoms with van der Waals surface area (Å²) >= 11 is 11.6. The average molecular weight is 284 g/mol. The summed E-state index contributed by atoms with van der Waals surface area (Å²) in [4.78, 5) is 11.5. The van der Waals surface area contributed by atoms with Crippen LogP contribution >= 0.6 is 23.2 Å². The van der Waals surface area contributed by atoms with Crippen LogP contribution in [0, 0.1) is 0 Å². The van der Waals surface area contributed by atoms with Crippen LogP contribution < -0.4 is 5.32 Å². The van der Waals surface area contributed by atoms with Crippen LogP contribution in [-0.2, 0) is 4.79 Å². The Bertz CT molecular complexity index is 582. The molecule has 6 nitrogen and oxygen atoms in total. The van der Waals surface area contributed by atoms with Crippen molar-refractivity contribution in [2.75, 3.05) is 5.32 Å². The number of nitrogens with one attached hydrogen (secondary N) is 2. The van der Waals surface area contributed by atoms with E-state index >= 15 is 0 Å². The molecule has 2 rings (SSSR count). The number of rotatable bonds is 3. The van der Waals surface area contributed by atoms with Crippen molar-refractivity contribution in [3.8, 4) is 0 Å². The summed E-state index contributed by atoms with van der Waals surface area (Å²) in [6, 6.07) is 5.06. The number of aromatic amines is 1. The number of amides is 1. The lowest BCUT2D eigenvalue weighted by atomic mass is 10.2. The predicted molar refractivity (Wildman–Crippen MR) is 68.3 cm³/mol. The highest BCUT2D eigenvalue weighted by atomic mass is 35.5. The lowest BCUT2D eigenvalue weighted by Gasteiger charge is -1.97. The minimum absolute atomic E-state index is 0.179. The number of hydrogen-bond donors (Lipinski definition) is 2. The van der Waals surface area contributed by atoms with Crippen molar-refractivity contribution in [2.24, 2.45) is 0 Å². The van der Waals surface area contributed by atoms with E-state index in [1.807, 2.05) is 0 Å². The average Bonchev–Trinajstić information content (AvgIpc) is 2.83. The first kappa shape index (κ1) is 12.5. The number of hydrogen-bond acceptors (Lipinski definition) is 4. The Morgan fingerprint density at radius 3 is 2.83 bits per heavy atom. The standard InChI is InChI=1S/C10H7Cl2N5O/c11-7-3-1-6(5-8(7)12)2-4-9(18)13-10-14-16-17-15-10/h1-5H,(H2,13,14,15,16,17,18)/b4-2+. The second-order valence-electron chi connectivity index (χ2n) is 3.25. The van der Waals surface area contributed by atoms with Crippen LogP contribution in [0.15, 0.2) is 24.3 Å². The van der Waals surface area contributed by atoms with Crippen molar-refractivity contribution in [3.05, 3.63) is 39.9 Å². The molecule has 0 aliphatic rings. The second-order valence-corrected chi connectivity index (χ2v) is 4.06. The van der Waals surface area contributed by atoms with Gasteiger partial charge in [0.2, 0.25) is 5.95 Å². The Hall–Kier alpha value is -1.92. The highest BCUT2D eigenvalue weighted by molar-refractivity contribution is 6.42. The van der Waals surface area contributed by atoms with Gasteiger partial charge in [-0.15, -0.1) is 0 Å². The summed E-state index contributed by atoms with van der Waals surface area (Å²) < 4.78 is 0. The second kappa shape index (κ2) is 5.61. The monoisotopic (exact) mass is 283 g/mol. The van der Waals surface area contributed by atoms with Gasteiger partial charge in [-0.1, -0.05) is 34.4 Å². The third kappa shape index (κ3) is 3.28. The summed E-state index contributed by atoms with van der Waals surface area (Å²) in [7, 11) is 0. The molecule has 1 aromatic carbocycles. The van der Waals surface area contributed by atoms with Crippen LogP contribution in [0.5, 0.6) is 0 Å². The zero-order chi connectivity index (χ0) is 13.0. The molecular weight excluding hydrogens is 277 g/mol. The number of halogens is 2. The molecule has 0 spiro atoms. The maximum atomic E-state index is 11.5. The summed E-state index contributed by atoms with van der Waals surface area (Å²) in [6.07, 6.45) is 2.93. The molecule has 0 aliphatic heterocycles. The SMILES string of the molecule is O=C(/C=C/c1ccc(Cl)c(Cl)c1)Nc1nnn[nH]1. The zero-order valence-corrected chi connectivity index (χ0v) is 10.4. The fourth-order valence-corrected chi connectivity index (χ4v) is 1.46. The lowest BCUT2D eigenvalue weighted by molar-refractivity contribution is -0.111. The zero-order valence-electron chi connectivity index (χ0n) is 8.89. The van der Waals surface area contributed by atoms with Crippen LogP contribution in [0.4, 0.5) is 5.95 Å². The van der Waals surface area contributed by atoms with Gasteiger partial charge < -0.3 is 0 Å². The van der Waals surface area contributed by atoms with Crippen molar-refractivity contribution in [2.45, 2.75) is 0 Å². The van der Waals surface area contributed by atoms with Crippen LogP contribution in [0.2, 0.25) is 10.0 Å². The van der Waals surface area contributed by atoms with Gasteiger partial charge in [0.1, 0.15) is 0 Å². The van der Waals surface area contributed by atoms with Gasteiger partial charge in [0, 0.05) is 6.08 Å². The molecule has 1 heterocycles. The summed E-state index contributed by atoms with van der Waals surface area (Å²) in [5.74, 6) is -0.182. The number of anilines is 1. The molecule has 2 aromatic rings. The highest BCUT2D eigenvalue weighted by Gasteiger charge is 2.01. The maximum absolute atomic E-state index is 11.5. The fourth-order valence-electron chi connectivity index (χ4n) is 1.16. The van der Waals surface area contributed by atoms with Gasteiger partial charge in [0.25, 0.3) is 5.91 Å². The van der Waals surface area contributed by atoms with Gasteiger partial charge in [-0.05, 0) is 34.2 Å². The van der Waals surface area contributed by atoms with E-state index in [-0.39, 0.29) is 11.9 Å². The number of H-pyrrole nitrogens is 1. The smallest absolute Gasteiger partial charge is 0.250 e. The third-order valence-corrected chi connectivity index (χ3v) is 2.70. The number of carbonyl (C=O) groups is 1. The molecule has 0 aliphatic carbocycles. The Morgan fingerprint density at radius 2 is 2.17 bits per heavy atom. The number of tetrazole rings is 1. The van der Waals surface area contributed by atoms with E-state index in [1.54, 1.807) is 24.3 Å². The van der Waals surface area contributed by atoms with Gasteiger partial charge in [0.05, 0.1) is 10.0 Å². The summed E-state index contributed by atoms with van der Waals surface area (Å²) in [5.41, 5.74) is 0.759. The molecule has 0 saturated heterocycles. The topological polar surface area (TPSA) is 83.6 Å². The number of aromatic nitrogens is 4. The van der Waals surface area contributed by atoms with E-state index in [9.17, 15) is 4.79 Å². The molecule has 8 heteroatoms. The van der Waals surface area contributed by atoms with E-state index in [0.29, 0.717) is 10.0 Å². The van der Waals surface area contributed by atoms with E-state index in [1.165, 1.54) is 6.08 Å². The molecule has 0 bridgehead atoms. The molecule has 0 radical (unpaired) electrons. The van der Waals surface area contributed by atoms with E-state index < -0.39 is 0 Å². The van der Waals surface area contributed by atoms with Gasteiger partial charge in [-0.25, -0.2) is 5.10 Å². The van der Waals surface area contributed by atoms with Crippen molar-refractivity contribution >= 4 is 41.1 Å². The first-order valence-electron chi connectivity index (χ1n) is 4.83. The quantitative estimate of drug-likeness (QED) is 0.846. The van der Waals surface area contributed by atoms with Crippen LogP contribution in [0.3, 0.4) is 0 Å². The van der Waals surface area contributed by atoms with E-state index in [2.05, 4.69) is 25.9 Å². The minimum atomic E-state index is -0.361. The molecule has 0 fully saturated rings. The molecule has 0 atom stereocenters. The van der Waals surface area contributed by atoms with Crippen molar-refractivity contribution in [3.63, 3.8) is 0 Å². The summed E-state index contributed by atoms with van der Waals surface area (Å²) in [6.45, 7) is 0. The Morgan fingerprint density at radius 1 is 1.33 bits per heavy atom. The molecule has 0 saturated carbocycles. The van der Waals surface area contributed by atoms with Gasteiger partial charge in [-0.3, -0.25) is 10.1 Å². The first-order valence-corrected chi connectivity index (χ1v) is 5.58. The normalized spacial score (nSPS) is 10.8. The molecule has 1 aromatic heterocycles. The highest BCUT2D eigenvalue weighted by Crippen LogP contribution is 2.23. The summed E-state index contributed by atoms with van der Waals surface area (Å²) in [5, 5.41) is 15.9. The third-order valence-electron chi connectivity index (χ3n) is 1.96. The van der Waals surface area contributed by atoms with E-state index in [0.717, 1.165) is 5.56 Å². The molecular formula is C10H7Cl2N5O. The Balaban J connectivity index is 2.01. The number of carbonyl (C=O) groups excluding carboxylic acids is 1. The van der Waals surface area contributed by atoms with Crippen LogP contribution in [0.1, 0.15) is 5.56 Å².